The Morgan fingerprint density at radius 2 is 2.41 bits per heavy atom. The predicted molar refractivity (Wildman–Crippen MR) is 66.6 cm³/mol. The van der Waals surface area contributed by atoms with Crippen molar-refractivity contribution in [1.29, 1.82) is 0 Å². The average Bonchev–Trinajstić information content (AvgIpc) is 2.87. The van der Waals surface area contributed by atoms with Crippen LogP contribution >= 0.6 is 12.4 Å². The third-order valence-electron chi connectivity index (χ3n) is 2.88. The summed E-state index contributed by atoms with van der Waals surface area (Å²) in [5.74, 6) is 0.602. The number of halogens is 1. The molecule has 1 unspecified atom stereocenters. The van der Waals surface area contributed by atoms with Gasteiger partial charge in [-0.1, -0.05) is 12.1 Å². The van der Waals surface area contributed by atoms with E-state index in [0.29, 0.717) is 23.4 Å². The number of carbonyl (C=O) groups is 1. The summed E-state index contributed by atoms with van der Waals surface area (Å²) in [7, 11) is 0. The van der Waals surface area contributed by atoms with Crippen molar-refractivity contribution in [1.82, 2.24) is 15.8 Å². The molecule has 6 heteroatoms. The van der Waals surface area contributed by atoms with E-state index in [1.807, 2.05) is 6.92 Å². The van der Waals surface area contributed by atoms with Crippen LogP contribution in [0.2, 0.25) is 0 Å². The molecule has 1 saturated heterocycles. The summed E-state index contributed by atoms with van der Waals surface area (Å²) in [6.07, 6.45) is 1.67. The number of nitrogens with one attached hydrogen (secondary N) is 2. The van der Waals surface area contributed by atoms with E-state index in [9.17, 15) is 4.79 Å². The van der Waals surface area contributed by atoms with Crippen LogP contribution in [0.4, 0.5) is 0 Å². The Bertz CT molecular complexity index is 386. The molecule has 2 N–H and O–H groups in total. The van der Waals surface area contributed by atoms with Crippen molar-refractivity contribution < 1.29 is 9.32 Å². The van der Waals surface area contributed by atoms with Gasteiger partial charge in [-0.2, -0.15) is 0 Å². The van der Waals surface area contributed by atoms with Gasteiger partial charge in [0.25, 0.3) is 5.91 Å². The molecule has 5 nitrogen and oxygen atoms in total. The number of aryl methyl sites for hydroxylation is 2. The second kappa shape index (κ2) is 6.02. The Morgan fingerprint density at radius 1 is 1.65 bits per heavy atom. The summed E-state index contributed by atoms with van der Waals surface area (Å²) < 4.78 is 5.10. The minimum Gasteiger partial charge on any atom is -0.360 e. The Morgan fingerprint density at radius 3 is 3.00 bits per heavy atom. The molecular formula is C11H18ClN3O2. The summed E-state index contributed by atoms with van der Waals surface area (Å²) in [5, 5.41) is 10.0. The van der Waals surface area contributed by atoms with E-state index in [-0.39, 0.29) is 24.4 Å². The highest BCUT2D eigenvalue weighted by atomic mass is 35.5. The van der Waals surface area contributed by atoms with Gasteiger partial charge >= 0.3 is 0 Å². The van der Waals surface area contributed by atoms with Crippen molar-refractivity contribution >= 4 is 18.3 Å². The van der Waals surface area contributed by atoms with Gasteiger partial charge in [-0.15, -0.1) is 12.4 Å². The molecular weight excluding hydrogens is 242 g/mol. The topological polar surface area (TPSA) is 67.2 Å². The molecule has 1 aromatic heterocycles. The van der Waals surface area contributed by atoms with E-state index < -0.39 is 0 Å². The van der Waals surface area contributed by atoms with E-state index in [0.717, 1.165) is 19.5 Å². The summed E-state index contributed by atoms with van der Waals surface area (Å²) in [6, 6.07) is 0.228. The molecule has 1 atom stereocenters. The molecule has 0 aliphatic carbocycles. The molecule has 17 heavy (non-hydrogen) atoms. The van der Waals surface area contributed by atoms with Gasteiger partial charge in [-0.3, -0.25) is 4.79 Å². The molecule has 0 saturated carbocycles. The molecule has 1 aliphatic rings. The third kappa shape index (κ3) is 2.98. The number of carbonyl (C=O) groups excluding carboxylic acids is 1. The van der Waals surface area contributed by atoms with E-state index in [2.05, 4.69) is 15.8 Å². The van der Waals surface area contributed by atoms with Crippen LogP contribution in [-0.4, -0.2) is 30.2 Å². The van der Waals surface area contributed by atoms with E-state index in [1.54, 1.807) is 6.92 Å². The van der Waals surface area contributed by atoms with Gasteiger partial charge in [0, 0.05) is 19.0 Å². The summed E-state index contributed by atoms with van der Waals surface area (Å²) in [6.45, 7) is 5.56. The van der Waals surface area contributed by atoms with Crippen LogP contribution in [0.15, 0.2) is 4.52 Å². The van der Waals surface area contributed by atoms with E-state index in [4.69, 9.17) is 4.52 Å². The normalized spacial score (nSPS) is 18.8. The summed E-state index contributed by atoms with van der Waals surface area (Å²) in [4.78, 5) is 12.0. The van der Waals surface area contributed by atoms with Gasteiger partial charge in [-0.25, -0.2) is 0 Å². The van der Waals surface area contributed by atoms with Crippen LogP contribution in [-0.2, 0) is 6.42 Å². The number of aromatic nitrogens is 1. The lowest BCUT2D eigenvalue weighted by Crippen LogP contribution is -2.36. The van der Waals surface area contributed by atoms with E-state index >= 15 is 0 Å². The van der Waals surface area contributed by atoms with Crippen LogP contribution in [0.5, 0.6) is 0 Å². The first-order valence-corrected chi connectivity index (χ1v) is 5.69. The quantitative estimate of drug-likeness (QED) is 0.852. The SMILES string of the molecule is CCc1onc(C)c1C(=O)NC1CCNC1.Cl. The molecule has 0 radical (unpaired) electrons. The van der Waals surface area contributed by atoms with Crippen LogP contribution in [0.25, 0.3) is 0 Å². The zero-order valence-corrected chi connectivity index (χ0v) is 10.9. The molecule has 1 amide bonds. The molecule has 0 spiro atoms. The Balaban J connectivity index is 0.00000144. The van der Waals surface area contributed by atoms with Crippen LogP contribution in [0.3, 0.4) is 0 Å². The second-order valence-corrected chi connectivity index (χ2v) is 4.08. The molecule has 96 valence electrons. The minimum atomic E-state index is -0.0655. The summed E-state index contributed by atoms with van der Waals surface area (Å²) >= 11 is 0. The standard InChI is InChI=1S/C11H17N3O2.ClH/c1-3-9-10(7(2)14-16-9)11(15)13-8-4-5-12-6-8;/h8,12H,3-6H2,1-2H3,(H,13,15);1H. The maximum atomic E-state index is 12.0. The van der Waals surface area contributed by atoms with Gasteiger partial charge in [0.2, 0.25) is 0 Å². The zero-order chi connectivity index (χ0) is 11.5. The molecule has 1 aromatic rings. The van der Waals surface area contributed by atoms with Crippen molar-refractivity contribution in [3.8, 4) is 0 Å². The highest BCUT2D eigenvalue weighted by Gasteiger charge is 2.23. The Hall–Kier alpha value is -1.07. The zero-order valence-electron chi connectivity index (χ0n) is 10.1. The monoisotopic (exact) mass is 259 g/mol. The van der Waals surface area contributed by atoms with Crippen molar-refractivity contribution in [3.63, 3.8) is 0 Å². The molecule has 1 aliphatic heterocycles. The highest BCUT2D eigenvalue weighted by molar-refractivity contribution is 5.96. The van der Waals surface area contributed by atoms with Gasteiger partial charge in [0.15, 0.2) is 0 Å². The number of rotatable bonds is 3. The van der Waals surface area contributed by atoms with Gasteiger partial charge in [-0.05, 0) is 19.9 Å². The first-order chi connectivity index (χ1) is 7.72. The van der Waals surface area contributed by atoms with E-state index in [1.165, 1.54) is 0 Å². The predicted octanol–water partition coefficient (Wildman–Crippen LogP) is 1.06. The van der Waals surface area contributed by atoms with Crippen LogP contribution in [0.1, 0.15) is 35.2 Å². The first kappa shape index (κ1) is 14.0. The second-order valence-electron chi connectivity index (χ2n) is 4.08. The lowest BCUT2D eigenvalue weighted by atomic mass is 10.1. The molecule has 2 rings (SSSR count). The fraction of sp³-hybridized carbons (Fsp3) is 0.636. The lowest BCUT2D eigenvalue weighted by Gasteiger charge is -2.10. The Kier molecular flexibility index (Phi) is 4.96. The van der Waals surface area contributed by atoms with Crippen LogP contribution in [0, 0.1) is 6.92 Å². The maximum absolute atomic E-state index is 12.0. The van der Waals surface area contributed by atoms with Crippen molar-refractivity contribution in [2.75, 3.05) is 13.1 Å². The summed E-state index contributed by atoms with van der Waals surface area (Å²) in [5.41, 5.74) is 1.27. The smallest absolute Gasteiger partial charge is 0.257 e. The fourth-order valence-corrected chi connectivity index (χ4v) is 1.98. The van der Waals surface area contributed by atoms with Crippen molar-refractivity contribution in [3.05, 3.63) is 17.0 Å². The number of amides is 1. The number of nitrogens with zero attached hydrogens (tertiary/aromatic N) is 1. The third-order valence-corrected chi connectivity index (χ3v) is 2.88. The number of hydrogen-bond donors (Lipinski definition) is 2. The minimum absolute atomic E-state index is 0. The van der Waals surface area contributed by atoms with Crippen molar-refractivity contribution in [2.24, 2.45) is 0 Å². The first-order valence-electron chi connectivity index (χ1n) is 5.69. The highest BCUT2D eigenvalue weighted by Crippen LogP contribution is 2.14. The van der Waals surface area contributed by atoms with Gasteiger partial charge in [0.1, 0.15) is 11.3 Å². The largest absolute Gasteiger partial charge is 0.360 e. The lowest BCUT2D eigenvalue weighted by molar-refractivity contribution is 0.0937. The average molecular weight is 260 g/mol. The molecule has 1 fully saturated rings. The molecule has 2 heterocycles. The van der Waals surface area contributed by atoms with Crippen LogP contribution < -0.4 is 10.6 Å². The fourth-order valence-electron chi connectivity index (χ4n) is 1.98. The number of hydrogen-bond acceptors (Lipinski definition) is 4. The van der Waals surface area contributed by atoms with Crippen molar-refractivity contribution in [2.45, 2.75) is 32.7 Å². The van der Waals surface area contributed by atoms with Gasteiger partial charge < -0.3 is 15.2 Å². The Labute approximate surface area is 107 Å². The van der Waals surface area contributed by atoms with Gasteiger partial charge in [0.05, 0.1) is 5.69 Å². The molecule has 0 aromatic carbocycles. The molecule has 0 bridgehead atoms. The maximum Gasteiger partial charge on any atom is 0.257 e.